The van der Waals surface area contributed by atoms with E-state index in [0.717, 1.165) is 16.9 Å². The van der Waals surface area contributed by atoms with E-state index in [1.165, 1.54) is 11.1 Å². The molecule has 4 rings (SSSR count). The summed E-state index contributed by atoms with van der Waals surface area (Å²) in [6.45, 7) is 8.65. The van der Waals surface area contributed by atoms with Crippen LogP contribution in [0.3, 0.4) is 0 Å². The number of aryl methyl sites for hydroxylation is 4. The van der Waals surface area contributed by atoms with Gasteiger partial charge < -0.3 is 14.6 Å². The number of halogens is 1. The number of amides is 1. The molecule has 0 aliphatic carbocycles. The normalized spacial score (nSPS) is 10.9. The lowest BCUT2D eigenvalue weighted by Gasteiger charge is -2.09. The van der Waals surface area contributed by atoms with E-state index in [9.17, 15) is 4.79 Å². The number of nitrogens with zero attached hydrogens (tertiary/aromatic N) is 3. The standard InChI is InChI=1S/C25H25BrN4O3/c1-15-6-5-7-19(10-15)12-30-13-22(26)24(28-30)27-25(31)23-21(18(4)33-29-23)14-32-20-9-8-16(2)17(3)11-20/h5-11,13H,12,14H2,1-4H3,(H,27,28,31). The van der Waals surface area contributed by atoms with E-state index in [2.05, 4.69) is 50.6 Å². The molecule has 7 nitrogen and oxygen atoms in total. The number of aromatic nitrogens is 3. The quantitative estimate of drug-likeness (QED) is 0.343. The van der Waals surface area contributed by atoms with Gasteiger partial charge in [0.2, 0.25) is 0 Å². The molecule has 0 saturated carbocycles. The van der Waals surface area contributed by atoms with Crippen molar-refractivity contribution in [2.45, 2.75) is 40.8 Å². The number of rotatable bonds is 7. The molecule has 0 atom stereocenters. The van der Waals surface area contributed by atoms with Crippen molar-refractivity contribution >= 4 is 27.7 Å². The van der Waals surface area contributed by atoms with Gasteiger partial charge in [0.15, 0.2) is 11.5 Å². The van der Waals surface area contributed by atoms with Gasteiger partial charge in [0.1, 0.15) is 18.1 Å². The predicted octanol–water partition coefficient (Wildman–Crippen LogP) is 5.75. The summed E-state index contributed by atoms with van der Waals surface area (Å²) in [5.41, 5.74) is 5.41. The molecule has 4 aromatic rings. The predicted molar refractivity (Wildman–Crippen MR) is 130 cm³/mol. The van der Waals surface area contributed by atoms with Crippen molar-refractivity contribution in [3.63, 3.8) is 0 Å². The maximum atomic E-state index is 13.0. The first-order valence-corrected chi connectivity index (χ1v) is 11.3. The van der Waals surface area contributed by atoms with Crippen molar-refractivity contribution in [3.8, 4) is 5.75 Å². The Hall–Kier alpha value is -3.39. The van der Waals surface area contributed by atoms with Crippen LogP contribution in [0.15, 0.2) is 57.7 Å². The van der Waals surface area contributed by atoms with Crippen molar-refractivity contribution in [2.75, 3.05) is 5.32 Å². The van der Waals surface area contributed by atoms with Crippen LogP contribution in [0.5, 0.6) is 5.75 Å². The van der Waals surface area contributed by atoms with Crippen LogP contribution in [0, 0.1) is 27.7 Å². The number of carbonyl (C=O) groups excluding carboxylic acids is 1. The molecular weight excluding hydrogens is 484 g/mol. The molecule has 0 aliphatic rings. The van der Waals surface area contributed by atoms with Gasteiger partial charge in [0.25, 0.3) is 5.91 Å². The Bertz CT molecular complexity index is 1310. The summed E-state index contributed by atoms with van der Waals surface area (Å²) >= 11 is 3.48. The van der Waals surface area contributed by atoms with E-state index in [4.69, 9.17) is 9.26 Å². The maximum Gasteiger partial charge on any atom is 0.279 e. The summed E-state index contributed by atoms with van der Waals surface area (Å²) in [6.07, 6.45) is 1.83. The molecule has 0 bridgehead atoms. The van der Waals surface area contributed by atoms with Crippen LogP contribution >= 0.6 is 15.9 Å². The Balaban J connectivity index is 1.47. The highest BCUT2D eigenvalue weighted by Gasteiger charge is 2.22. The molecule has 0 radical (unpaired) electrons. The highest BCUT2D eigenvalue weighted by molar-refractivity contribution is 9.10. The fraction of sp³-hybridized carbons (Fsp3) is 0.240. The lowest BCUT2D eigenvalue weighted by molar-refractivity contribution is 0.101. The minimum atomic E-state index is -0.410. The van der Waals surface area contributed by atoms with E-state index >= 15 is 0 Å². The summed E-state index contributed by atoms with van der Waals surface area (Å²) in [6, 6.07) is 14.1. The topological polar surface area (TPSA) is 82.2 Å². The third-order valence-electron chi connectivity index (χ3n) is 5.44. The summed E-state index contributed by atoms with van der Waals surface area (Å²) < 4.78 is 13.6. The van der Waals surface area contributed by atoms with Gasteiger partial charge in [-0.2, -0.15) is 5.10 Å². The largest absolute Gasteiger partial charge is 0.489 e. The van der Waals surface area contributed by atoms with Crippen molar-refractivity contribution in [3.05, 3.63) is 92.4 Å². The number of nitrogens with one attached hydrogen (secondary N) is 1. The first-order chi connectivity index (χ1) is 15.8. The van der Waals surface area contributed by atoms with Gasteiger partial charge in [-0.25, -0.2) is 0 Å². The zero-order chi connectivity index (χ0) is 23.5. The highest BCUT2D eigenvalue weighted by atomic mass is 79.9. The number of hydrogen-bond donors (Lipinski definition) is 1. The van der Waals surface area contributed by atoms with Crippen LogP contribution in [0.25, 0.3) is 0 Å². The van der Waals surface area contributed by atoms with Crippen molar-refractivity contribution in [2.24, 2.45) is 0 Å². The molecule has 0 unspecified atom stereocenters. The van der Waals surface area contributed by atoms with Crippen LogP contribution in [0.1, 0.15) is 44.1 Å². The maximum absolute atomic E-state index is 13.0. The number of benzene rings is 2. The van der Waals surface area contributed by atoms with Gasteiger partial charge in [0.05, 0.1) is 16.6 Å². The summed E-state index contributed by atoms with van der Waals surface area (Å²) in [5, 5.41) is 11.3. The number of anilines is 1. The summed E-state index contributed by atoms with van der Waals surface area (Å²) in [4.78, 5) is 13.0. The van der Waals surface area contributed by atoms with E-state index in [1.54, 1.807) is 11.6 Å². The molecule has 2 aromatic carbocycles. The molecule has 1 N–H and O–H groups in total. The smallest absolute Gasteiger partial charge is 0.279 e. The van der Waals surface area contributed by atoms with Crippen LogP contribution in [-0.2, 0) is 13.2 Å². The Kier molecular flexibility index (Phi) is 6.65. The fourth-order valence-electron chi connectivity index (χ4n) is 3.43. The average Bonchev–Trinajstić information content (AvgIpc) is 3.30. The first kappa shape index (κ1) is 22.8. The Morgan fingerprint density at radius 3 is 2.70 bits per heavy atom. The Labute approximate surface area is 200 Å². The molecule has 8 heteroatoms. The molecule has 2 aromatic heterocycles. The zero-order valence-electron chi connectivity index (χ0n) is 19.0. The Morgan fingerprint density at radius 2 is 1.94 bits per heavy atom. The van der Waals surface area contributed by atoms with E-state index in [1.807, 2.05) is 50.4 Å². The molecule has 170 valence electrons. The molecule has 0 fully saturated rings. The lowest BCUT2D eigenvalue weighted by Crippen LogP contribution is -2.16. The third kappa shape index (κ3) is 5.34. The van der Waals surface area contributed by atoms with E-state index < -0.39 is 5.91 Å². The van der Waals surface area contributed by atoms with Crippen LogP contribution in [0.4, 0.5) is 5.82 Å². The number of carbonyl (C=O) groups is 1. The van der Waals surface area contributed by atoms with E-state index in [0.29, 0.717) is 28.2 Å². The van der Waals surface area contributed by atoms with Crippen molar-refractivity contribution < 1.29 is 14.1 Å². The van der Waals surface area contributed by atoms with Gasteiger partial charge in [-0.15, -0.1) is 0 Å². The monoisotopic (exact) mass is 508 g/mol. The fourth-order valence-corrected chi connectivity index (χ4v) is 3.84. The van der Waals surface area contributed by atoms with Crippen LogP contribution < -0.4 is 10.1 Å². The molecule has 0 spiro atoms. The molecule has 0 aliphatic heterocycles. The second-order valence-electron chi connectivity index (χ2n) is 8.07. The highest BCUT2D eigenvalue weighted by Crippen LogP contribution is 2.24. The van der Waals surface area contributed by atoms with Crippen LogP contribution in [0.2, 0.25) is 0 Å². The van der Waals surface area contributed by atoms with Crippen molar-refractivity contribution in [1.82, 2.24) is 14.9 Å². The first-order valence-electron chi connectivity index (χ1n) is 10.5. The molecular formula is C25H25BrN4O3. The van der Waals surface area contributed by atoms with Gasteiger partial charge >= 0.3 is 0 Å². The second-order valence-corrected chi connectivity index (χ2v) is 8.92. The van der Waals surface area contributed by atoms with E-state index in [-0.39, 0.29) is 12.3 Å². The van der Waals surface area contributed by atoms with Crippen molar-refractivity contribution in [1.29, 1.82) is 0 Å². The minimum absolute atomic E-state index is 0.170. The average molecular weight is 509 g/mol. The second kappa shape index (κ2) is 9.62. The van der Waals surface area contributed by atoms with Gasteiger partial charge in [-0.05, 0) is 72.4 Å². The minimum Gasteiger partial charge on any atom is -0.489 e. The Morgan fingerprint density at radius 1 is 1.12 bits per heavy atom. The van der Waals surface area contributed by atoms with Crippen LogP contribution in [-0.4, -0.2) is 20.8 Å². The number of hydrogen-bond acceptors (Lipinski definition) is 5. The van der Waals surface area contributed by atoms with Gasteiger partial charge in [0, 0.05) is 6.20 Å². The SMILES string of the molecule is Cc1cccc(Cn2cc(Br)c(NC(=O)c3noc(C)c3COc3ccc(C)c(C)c3)n2)c1. The van der Waals surface area contributed by atoms with Gasteiger partial charge in [-0.3, -0.25) is 9.48 Å². The number of ether oxygens (including phenoxy) is 1. The third-order valence-corrected chi connectivity index (χ3v) is 6.02. The summed E-state index contributed by atoms with van der Waals surface area (Å²) in [5.74, 6) is 1.26. The van der Waals surface area contributed by atoms with Gasteiger partial charge in [-0.1, -0.05) is 41.1 Å². The zero-order valence-corrected chi connectivity index (χ0v) is 20.6. The molecule has 0 saturated heterocycles. The molecule has 1 amide bonds. The summed E-state index contributed by atoms with van der Waals surface area (Å²) in [7, 11) is 0. The molecule has 33 heavy (non-hydrogen) atoms. The lowest BCUT2D eigenvalue weighted by atomic mass is 10.1. The molecule has 2 heterocycles.